The topological polar surface area (TPSA) is 29.5 Å². The zero-order chi connectivity index (χ0) is 12.8. The molecular weight excluding hydrogens is 226 g/mol. The molecule has 0 radical (unpaired) electrons. The maximum atomic E-state index is 12.0. The standard InChI is InChI=1S/C15H17NO2/c1-2-3-9-15(17)16-12-18-11-14(16)10-13-7-5-4-6-8-13/h2,4-8,11H,1,3,9-10,12H2. The molecule has 1 heterocycles. The van der Waals surface area contributed by atoms with Crippen LogP contribution in [0.25, 0.3) is 0 Å². The first-order valence-electron chi connectivity index (χ1n) is 6.07. The van der Waals surface area contributed by atoms with Gasteiger partial charge in [-0.25, -0.2) is 0 Å². The van der Waals surface area contributed by atoms with E-state index in [4.69, 9.17) is 4.74 Å². The summed E-state index contributed by atoms with van der Waals surface area (Å²) in [5, 5.41) is 0. The summed E-state index contributed by atoms with van der Waals surface area (Å²) in [6.45, 7) is 3.96. The molecule has 1 amide bonds. The lowest BCUT2D eigenvalue weighted by molar-refractivity contribution is -0.130. The lowest BCUT2D eigenvalue weighted by atomic mass is 10.1. The largest absolute Gasteiger partial charge is 0.478 e. The van der Waals surface area contributed by atoms with Crippen molar-refractivity contribution in [1.82, 2.24) is 4.90 Å². The van der Waals surface area contributed by atoms with E-state index >= 15 is 0 Å². The molecule has 1 aliphatic heterocycles. The van der Waals surface area contributed by atoms with Gasteiger partial charge in [0, 0.05) is 12.8 Å². The van der Waals surface area contributed by atoms with Crippen molar-refractivity contribution in [1.29, 1.82) is 0 Å². The van der Waals surface area contributed by atoms with Crippen molar-refractivity contribution in [3.63, 3.8) is 0 Å². The van der Waals surface area contributed by atoms with E-state index in [9.17, 15) is 4.79 Å². The minimum atomic E-state index is 0.0922. The maximum Gasteiger partial charge on any atom is 0.229 e. The van der Waals surface area contributed by atoms with Crippen LogP contribution in [0.5, 0.6) is 0 Å². The van der Waals surface area contributed by atoms with Gasteiger partial charge in [-0.2, -0.15) is 0 Å². The molecular formula is C15H17NO2. The number of allylic oxidation sites excluding steroid dienone is 2. The average Bonchev–Trinajstić information content (AvgIpc) is 2.85. The van der Waals surface area contributed by atoms with Gasteiger partial charge < -0.3 is 4.74 Å². The minimum Gasteiger partial charge on any atom is -0.478 e. The highest BCUT2D eigenvalue weighted by atomic mass is 16.5. The Bertz CT molecular complexity index is 451. The maximum absolute atomic E-state index is 12.0. The number of carbonyl (C=O) groups excluding carboxylic acids is 1. The predicted octanol–water partition coefficient (Wildman–Crippen LogP) is 2.85. The quantitative estimate of drug-likeness (QED) is 0.744. The molecule has 94 valence electrons. The van der Waals surface area contributed by atoms with Crippen LogP contribution in [0.4, 0.5) is 0 Å². The molecule has 0 saturated heterocycles. The first kappa shape index (κ1) is 12.4. The molecule has 2 rings (SSSR count). The van der Waals surface area contributed by atoms with Crippen molar-refractivity contribution in [3.8, 4) is 0 Å². The van der Waals surface area contributed by atoms with Gasteiger partial charge in [-0.1, -0.05) is 36.4 Å². The van der Waals surface area contributed by atoms with Crippen molar-refractivity contribution in [3.05, 3.63) is 60.5 Å². The number of ether oxygens (including phenoxy) is 1. The summed E-state index contributed by atoms with van der Waals surface area (Å²) in [7, 11) is 0. The Kier molecular flexibility index (Phi) is 4.18. The van der Waals surface area contributed by atoms with E-state index in [0.29, 0.717) is 19.6 Å². The van der Waals surface area contributed by atoms with Crippen LogP contribution in [-0.4, -0.2) is 17.5 Å². The number of amides is 1. The lowest BCUT2D eigenvalue weighted by Crippen LogP contribution is -2.28. The van der Waals surface area contributed by atoms with Crippen LogP contribution in [0, 0.1) is 0 Å². The Morgan fingerprint density at radius 2 is 2.17 bits per heavy atom. The highest BCUT2D eigenvalue weighted by Crippen LogP contribution is 2.19. The number of hydrogen-bond donors (Lipinski definition) is 0. The third kappa shape index (κ3) is 3.00. The third-order valence-electron chi connectivity index (χ3n) is 2.86. The van der Waals surface area contributed by atoms with Gasteiger partial charge in [0.05, 0.1) is 5.70 Å². The number of carbonyl (C=O) groups is 1. The predicted molar refractivity (Wildman–Crippen MR) is 70.5 cm³/mol. The van der Waals surface area contributed by atoms with E-state index in [1.165, 1.54) is 5.56 Å². The molecule has 0 spiro atoms. The molecule has 0 aliphatic carbocycles. The van der Waals surface area contributed by atoms with Gasteiger partial charge in [0.1, 0.15) is 6.26 Å². The fourth-order valence-corrected chi connectivity index (χ4v) is 1.89. The number of nitrogens with zero attached hydrogens (tertiary/aromatic N) is 1. The Morgan fingerprint density at radius 3 is 2.89 bits per heavy atom. The fraction of sp³-hybridized carbons (Fsp3) is 0.267. The molecule has 0 N–H and O–H groups in total. The van der Waals surface area contributed by atoms with Crippen molar-refractivity contribution in [2.24, 2.45) is 0 Å². The van der Waals surface area contributed by atoms with Crippen LogP contribution < -0.4 is 0 Å². The van der Waals surface area contributed by atoms with Crippen LogP contribution >= 0.6 is 0 Å². The Labute approximate surface area is 107 Å². The summed E-state index contributed by atoms with van der Waals surface area (Å²) in [5.41, 5.74) is 2.10. The monoisotopic (exact) mass is 243 g/mol. The van der Waals surface area contributed by atoms with E-state index in [-0.39, 0.29) is 5.91 Å². The van der Waals surface area contributed by atoms with Crippen LogP contribution in [-0.2, 0) is 16.0 Å². The Morgan fingerprint density at radius 1 is 1.39 bits per heavy atom. The highest BCUT2D eigenvalue weighted by Gasteiger charge is 2.22. The second kappa shape index (κ2) is 6.05. The van der Waals surface area contributed by atoms with Crippen molar-refractivity contribution in [2.75, 3.05) is 6.73 Å². The van der Waals surface area contributed by atoms with E-state index in [0.717, 1.165) is 12.1 Å². The lowest BCUT2D eigenvalue weighted by Gasteiger charge is -2.17. The van der Waals surface area contributed by atoms with Gasteiger partial charge in [0.25, 0.3) is 0 Å². The van der Waals surface area contributed by atoms with Gasteiger partial charge in [0.2, 0.25) is 5.91 Å². The van der Waals surface area contributed by atoms with Crippen LogP contribution in [0.1, 0.15) is 18.4 Å². The van der Waals surface area contributed by atoms with Crippen LogP contribution in [0.3, 0.4) is 0 Å². The summed E-state index contributed by atoms with van der Waals surface area (Å²) in [6, 6.07) is 10.1. The molecule has 0 atom stereocenters. The number of rotatable bonds is 5. The van der Waals surface area contributed by atoms with Gasteiger partial charge in [0.15, 0.2) is 6.73 Å². The molecule has 0 unspecified atom stereocenters. The van der Waals surface area contributed by atoms with E-state index in [1.54, 1.807) is 17.2 Å². The van der Waals surface area contributed by atoms with Gasteiger partial charge in [-0.3, -0.25) is 9.69 Å². The summed E-state index contributed by atoms with van der Waals surface area (Å²) in [4.78, 5) is 13.7. The number of benzene rings is 1. The summed E-state index contributed by atoms with van der Waals surface area (Å²) >= 11 is 0. The molecule has 1 aromatic rings. The molecule has 3 heteroatoms. The van der Waals surface area contributed by atoms with Crippen molar-refractivity contribution >= 4 is 5.91 Å². The van der Waals surface area contributed by atoms with Crippen LogP contribution in [0.2, 0.25) is 0 Å². The average molecular weight is 243 g/mol. The SMILES string of the molecule is C=CCCC(=O)N1COC=C1Cc1ccccc1. The molecule has 0 saturated carbocycles. The zero-order valence-electron chi connectivity index (χ0n) is 10.3. The van der Waals surface area contributed by atoms with E-state index in [2.05, 4.69) is 6.58 Å². The Balaban J connectivity index is 1.99. The summed E-state index contributed by atoms with van der Waals surface area (Å²) < 4.78 is 5.26. The summed E-state index contributed by atoms with van der Waals surface area (Å²) in [6.07, 6.45) is 5.35. The van der Waals surface area contributed by atoms with E-state index in [1.807, 2.05) is 30.3 Å². The third-order valence-corrected chi connectivity index (χ3v) is 2.86. The highest BCUT2D eigenvalue weighted by molar-refractivity contribution is 5.78. The van der Waals surface area contributed by atoms with Crippen molar-refractivity contribution < 1.29 is 9.53 Å². The fourth-order valence-electron chi connectivity index (χ4n) is 1.89. The summed E-state index contributed by atoms with van der Waals surface area (Å²) in [5.74, 6) is 0.0922. The second-order valence-corrected chi connectivity index (χ2v) is 4.22. The first-order valence-corrected chi connectivity index (χ1v) is 6.07. The first-order chi connectivity index (χ1) is 8.81. The molecule has 3 nitrogen and oxygen atoms in total. The molecule has 0 fully saturated rings. The molecule has 18 heavy (non-hydrogen) atoms. The molecule has 0 aromatic heterocycles. The second-order valence-electron chi connectivity index (χ2n) is 4.22. The zero-order valence-corrected chi connectivity index (χ0v) is 10.3. The molecule has 0 bridgehead atoms. The van der Waals surface area contributed by atoms with E-state index < -0.39 is 0 Å². The molecule has 1 aromatic carbocycles. The van der Waals surface area contributed by atoms with Gasteiger partial charge >= 0.3 is 0 Å². The normalized spacial score (nSPS) is 14.0. The van der Waals surface area contributed by atoms with Gasteiger partial charge in [-0.15, -0.1) is 6.58 Å². The number of hydrogen-bond acceptors (Lipinski definition) is 2. The van der Waals surface area contributed by atoms with Gasteiger partial charge in [-0.05, 0) is 12.0 Å². The van der Waals surface area contributed by atoms with Crippen molar-refractivity contribution in [2.45, 2.75) is 19.3 Å². The molecule has 1 aliphatic rings. The Hall–Kier alpha value is -2.03. The smallest absolute Gasteiger partial charge is 0.229 e. The minimum absolute atomic E-state index is 0.0922. The van der Waals surface area contributed by atoms with Crippen LogP contribution in [0.15, 0.2) is 54.9 Å².